The molecule has 0 spiro atoms. The summed E-state index contributed by atoms with van der Waals surface area (Å²) >= 11 is 0. The van der Waals surface area contributed by atoms with Gasteiger partial charge in [0, 0.05) is 13.1 Å². The first-order valence-electron chi connectivity index (χ1n) is 3.74. The summed E-state index contributed by atoms with van der Waals surface area (Å²) in [5, 5.41) is 0. The van der Waals surface area contributed by atoms with Gasteiger partial charge < -0.3 is 0 Å². The van der Waals surface area contributed by atoms with Gasteiger partial charge in [-0.2, -0.15) is 0 Å². The third-order valence-electron chi connectivity index (χ3n) is 2.38. The van der Waals surface area contributed by atoms with Gasteiger partial charge in [0.25, 0.3) is 0 Å². The molecule has 0 aromatic heterocycles. The van der Waals surface area contributed by atoms with Gasteiger partial charge in [-0.05, 0) is 31.9 Å². The lowest BCUT2D eigenvalue weighted by atomic mass is 9.85. The van der Waals surface area contributed by atoms with E-state index in [1.807, 2.05) is 0 Å². The fourth-order valence-electron chi connectivity index (χ4n) is 1.54. The van der Waals surface area contributed by atoms with E-state index in [1.165, 1.54) is 32.4 Å². The van der Waals surface area contributed by atoms with E-state index in [2.05, 4.69) is 11.9 Å². The number of allylic oxidation sites excluding steroid dienone is 1. The third kappa shape index (κ3) is 0.799. The summed E-state index contributed by atoms with van der Waals surface area (Å²) in [5.74, 6) is 0. The SMILES string of the molecule is CN1CC(=C2CCC2)C1. The van der Waals surface area contributed by atoms with Gasteiger partial charge in [-0.3, -0.25) is 4.90 Å². The molecule has 1 saturated heterocycles. The number of likely N-dealkylation sites (tertiary alicyclic amines) is 1. The Morgan fingerprint density at radius 1 is 1.11 bits per heavy atom. The maximum Gasteiger partial charge on any atom is 0.0208 e. The smallest absolute Gasteiger partial charge is 0.0208 e. The first kappa shape index (κ1) is 5.48. The second-order valence-electron chi connectivity index (χ2n) is 3.23. The molecule has 1 aliphatic carbocycles. The molecule has 1 aliphatic heterocycles. The Labute approximate surface area is 56.4 Å². The van der Waals surface area contributed by atoms with Gasteiger partial charge in [-0.1, -0.05) is 5.57 Å². The van der Waals surface area contributed by atoms with Crippen molar-refractivity contribution < 1.29 is 0 Å². The molecule has 9 heavy (non-hydrogen) atoms. The average Bonchev–Trinajstić information content (AvgIpc) is 1.57. The van der Waals surface area contributed by atoms with Crippen LogP contribution in [-0.4, -0.2) is 25.0 Å². The van der Waals surface area contributed by atoms with Crippen molar-refractivity contribution in [2.75, 3.05) is 20.1 Å². The van der Waals surface area contributed by atoms with Crippen LogP contribution in [0.3, 0.4) is 0 Å². The van der Waals surface area contributed by atoms with E-state index in [-0.39, 0.29) is 0 Å². The molecule has 0 bridgehead atoms. The summed E-state index contributed by atoms with van der Waals surface area (Å²) in [5.41, 5.74) is 3.51. The van der Waals surface area contributed by atoms with Crippen molar-refractivity contribution in [3.63, 3.8) is 0 Å². The van der Waals surface area contributed by atoms with Gasteiger partial charge in [-0.15, -0.1) is 0 Å². The highest BCUT2D eigenvalue weighted by Crippen LogP contribution is 2.31. The molecular formula is C8H13N. The monoisotopic (exact) mass is 123 g/mol. The van der Waals surface area contributed by atoms with Gasteiger partial charge in [0.05, 0.1) is 0 Å². The molecule has 2 fully saturated rings. The minimum absolute atomic E-state index is 1.26. The van der Waals surface area contributed by atoms with E-state index in [0.717, 1.165) is 0 Å². The minimum Gasteiger partial charge on any atom is -0.298 e. The van der Waals surface area contributed by atoms with Gasteiger partial charge >= 0.3 is 0 Å². The normalized spacial score (nSPS) is 27.7. The summed E-state index contributed by atoms with van der Waals surface area (Å²) in [4.78, 5) is 2.36. The Bertz CT molecular complexity index is 144. The van der Waals surface area contributed by atoms with Crippen LogP contribution in [0, 0.1) is 0 Å². The van der Waals surface area contributed by atoms with Crippen LogP contribution in [0.25, 0.3) is 0 Å². The predicted molar refractivity (Wildman–Crippen MR) is 38.4 cm³/mol. The number of rotatable bonds is 0. The molecule has 0 unspecified atom stereocenters. The highest BCUT2D eigenvalue weighted by Gasteiger charge is 2.22. The summed E-state index contributed by atoms with van der Waals surface area (Å²) in [6, 6.07) is 0. The van der Waals surface area contributed by atoms with E-state index in [0.29, 0.717) is 0 Å². The third-order valence-corrected chi connectivity index (χ3v) is 2.38. The van der Waals surface area contributed by atoms with Crippen LogP contribution in [0.15, 0.2) is 11.1 Å². The summed E-state index contributed by atoms with van der Waals surface area (Å²) in [6.45, 7) is 2.52. The quantitative estimate of drug-likeness (QED) is 0.440. The molecule has 2 rings (SSSR count). The van der Waals surface area contributed by atoms with E-state index in [4.69, 9.17) is 0 Å². The van der Waals surface area contributed by atoms with E-state index < -0.39 is 0 Å². The molecular weight excluding hydrogens is 110 g/mol. The van der Waals surface area contributed by atoms with Crippen LogP contribution in [0.4, 0.5) is 0 Å². The van der Waals surface area contributed by atoms with Gasteiger partial charge in [0.15, 0.2) is 0 Å². The number of nitrogens with zero attached hydrogens (tertiary/aromatic N) is 1. The van der Waals surface area contributed by atoms with Crippen LogP contribution in [0.5, 0.6) is 0 Å². The van der Waals surface area contributed by atoms with E-state index in [9.17, 15) is 0 Å². The molecule has 1 saturated carbocycles. The van der Waals surface area contributed by atoms with Crippen molar-refractivity contribution in [2.45, 2.75) is 19.3 Å². The molecule has 0 atom stereocenters. The summed E-state index contributed by atoms with van der Waals surface area (Å²) in [7, 11) is 2.18. The van der Waals surface area contributed by atoms with E-state index in [1.54, 1.807) is 11.1 Å². The minimum atomic E-state index is 1.26. The molecule has 1 heteroatoms. The van der Waals surface area contributed by atoms with Crippen molar-refractivity contribution in [3.05, 3.63) is 11.1 Å². The topological polar surface area (TPSA) is 3.24 Å². The largest absolute Gasteiger partial charge is 0.298 e. The molecule has 0 radical (unpaired) electrons. The highest BCUT2D eigenvalue weighted by molar-refractivity contribution is 5.26. The Kier molecular flexibility index (Phi) is 1.12. The van der Waals surface area contributed by atoms with Crippen molar-refractivity contribution >= 4 is 0 Å². The highest BCUT2D eigenvalue weighted by atomic mass is 15.1. The van der Waals surface area contributed by atoms with Crippen LogP contribution in [-0.2, 0) is 0 Å². The zero-order chi connectivity index (χ0) is 6.27. The first-order valence-corrected chi connectivity index (χ1v) is 3.74. The first-order chi connectivity index (χ1) is 4.36. The van der Waals surface area contributed by atoms with Gasteiger partial charge in [0.1, 0.15) is 0 Å². The molecule has 0 amide bonds. The number of likely N-dealkylation sites (N-methyl/N-ethyl adjacent to an activating group) is 1. The molecule has 0 aromatic carbocycles. The lowest BCUT2D eigenvalue weighted by molar-refractivity contribution is 0.301. The molecule has 0 N–H and O–H groups in total. The zero-order valence-electron chi connectivity index (χ0n) is 5.98. The van der Waals surface area contributed by atoms with Crippen molar-refractivity contribution in [1.29, 1.82) is 0 Å². The Balaban J connectivity index is 1.99. The zero-order valence-corrected chi connectivity index (χ0v) is 5.98. The molecule has 0 aromatic rings. The standard InChI is InChI=1S/C8H13N/c1-9-5-8(6-9)7-3-2-4-7/h2-6H2,1H3. The second kappa shape index (κ2) is 1.84. The molecule has 50 valence electrons. The van der Waals surface area contributed by atoms with E-state index >= 15 is 0 Å². The fourth-order valence-corrected chi connectivity index (χ4v) is 1.54. The molecule has 1 nitrogen and oxygen atoms in total. The Hall–Kier alpha value is -0.300. The van der Waals surface area contributed by atoms with Crippen LogP contribution < -0.4 is 0 Å². The maximum atomic E-state index is 2.36. The van der Waals surface area contributed by atoms with Gasteiger partial charge in [0.2, 0.25) is 0 Å². The summed E-state index contributed by atoms with van der Waals surface area (Å²) in [6.07, 6.45) is 4.26. The predicted octanol–water partition coefficient (Wildman–Crippen LogP) is 1.41. The fraction of sp³-hybridized carbons (Fsp3) is 0.750. The van der Waals surface area contributed by atoms with Crippen LogP contribution in [0.2, 0.25) is 0 Å². The molecule has 1 heterocycles. The van der Waals surface area contributed by atoms with Gasteiger partial charge in [-0.25, -0.2) is 0 Å². The van der Waals surface area contributed by atoms with Crippen LogP contribution >= 0.6 is 0 Å². The van der Waals surface area contributed by atoms with Crippen LogP contribution in [0.1, 0.15) is 19.3 Å². The Morgan fingerprint density at radius 3 is 2.11 bits per heavy atom. The lowest BCUT2D eigenvalue weighted by Crippen LogP contribution is -2.38. The summed E-state index contributed by atoms with van der Waals surface area (Å²) < 4.78 is 0. The maximum absolute atomic E-state index is 2.36. The Morgan fingerprint density at radius 2 is 1.78 bits per heavy atom. The van der Waals surface area contributed by atoms with Crippen molar-refractivity contribution in [1.82, 2.24) is 4.90 Å². The average molecular weight is 123 g/mol. The van der Waals surface area contributed by atoms with Crippen molar-refractivity contribution in [3.8, 4) is 0 Å². The molecule has 2 aliphatic rings. The number of hydrogen-bond donors (Lipinski definition) is 0. The lowest BCUT2D eigenvalue weighted by Gasteiger charge is -2.35. The second-order valence-corrected chi connectivity index (χ2v) is 3.23. The van der Waals surface area contributed by atoms with Crippen molar-refractivity contribution in [2.24, 2.45) is 0 Å². The number of hydrogen-bond acceptors (Lipinski definition) is 1.